The van der Waals surface area contributed by atoms with Crippen LogP contribution in [0.5, 0.6) is 0 Å². The van der Waals surface area contributed by atoms with Crippen LogP contribution in [0.25, 0.3) is 21.7 Å². The van der Waals surface area contributed by atoms with Crippen molar-refractivity contribution in [3.63, 3.8) is 0 Å². The van der Waals surface area contributed by atoms with Crippen molar-refractivity contribution in [2.75, 3.05) is 0 Å². The van der Waals surface area contributed by atoms with Crippen LogP contribution in [0.2, 0.25) is 0 Å². The van der Waals surface area contributed by atoms with Crippen molar-refractivity contribution >= 4 is 22.4 Å². The number of imidazole rings is 1. The van der Waals surface area contributed by atoms with Crippen LogP contribution in [0.4, 0.5) is 8.78 Å². The van der Waals surface area contributed by atoms with Crippen LogP contribution in [0.3, 0.4) is 0 Å². The van der Waals surface area contributed by atoms with Gasteiger partial charge in [-0.1, -0.05) is 0 Å². The number of rotatable bonds is 1. The molecule has 1 N–H and O–H groups in total. The second kappa shape index (κ2) is 4.38. The first-order valence-electron chi connectivity index (χ1n) is 6.67. The Labute approximate surface area is 118 Å². The zero-order valence-corrected chi connectivity index (χ0v) is 11.5. The fourth-order valence-electron chi connectivity index (χ4n) is 2.73. The lowest BCUT2D eigenvalue weighted by Gasteiger charge is -2.08. The lowest BCUT2D eigenvalue weighted by Crippen LogP contribution is -1.96. The highest BCUT2D eigenvalue weighted by Gasteiger charge is 2.16. The molecule has 2 aromatic heterocycles. The van der Waals surface area contributed by atoms with Gasteiger partial charge in [0.05, 0.1) is 15.9 Å². The molecule has 0 spiro atoms. The third kappa shape index (κ3) is 1.85. The highest BCUT2D eigenvalue weighted by Crippen LogP contribution is 2.35. The van der Waals surface area contributed by atoms with Crippen LogP contribution in [0, 0.1) is 11.6 Å². The van der Waals surface area contributed by atoms with E-state index in [1.54, 1.807) is 11.3 Å². The van der Waals surface area contributed by atoms with Crippen molar-refractivity contribution < 1.29 is 8.78 Å². The Morgan fingerprint density at radius 2 is 1.85 bits per heavy atom. The number of nitrogens with one attached hydrogen (secondary N) is 1. The van der Waals surface area contributed by atoms with Gasteiger partial charge in [0.1, 0.15) is 5.82 Å². The van der Waals surface area contributed by atoms with Crippen molar-refractivity contribution in [2.45, 2.75) is 25.7 Å². The normalized spacial score (nSPS) is 14.7. The van der Waals surface area contributed by atoms with Crippen LogP contribution in [-0.2, 0) is 12.8 Å². The van der Waals surface area contributed by atoms with Crippen LogP contribution in [0.15, 0.2) is 18.2 Å². The van der Waals surface area contributed by atoms with Gasteiger partial charge in [-0.3, -0.25) is 0 Å². The molecule has 0 saturated carbocycles. The standard InChI is InChI=1S/C15H12F2N2S/c16-9-6-11-12(7-10(9)17)19-15(18-11)14-5-8-3-1-2-4-13(8)20-14/h5-7H,1-4H2,(H,18,19). The summed E-state index contributed by atoms with van der Waals surface area (Å²) in [6, 6.07) is 4.45. The van der Waals surface area contributed by atoms with E-state index >= 15 is 0 Å². The maximum Gasteiger partial charge on any atom is 0.161 e. The van der Waals surface area contributed by atoms with E-state index < -0.39 is 11.6 Å². The highest BCUT2D eigenvalue weighted by atomic mass is 32.1. The molecule has 1 aliphatic rings. The molecule has 0 atom stereocenters. The van der Waals surface area contributed by atoms with Gasteiger partial charge >= 0.3 is 0 Å². The molecule has 0 fully saturated rings. The number of aromatic nitrogens is 2. The fourth-order valence-corrected chi connectivity index (χ4v) is 3.93. The molecule has 0 amide bonds. The third-order valence-corrected chi connectivity index (χ3v) is 5.00. The first-order valence-corrected chi connectivity index (χ1v) is 7.49. The summed E-state index contributed by atoms with van der Waals surface area (Å²) in [4.78, 5) is 9.93. The van der Waals surface area contributed by atoms with Crippen LogP contribution in [-0.4, -0.2) is 9.97 Å². The van der Waals surface area contributed by atoms with E-state index in [2.05, 4.69) is 16.0 Å². The maximum atomic E-state index is 13.2. The molecule has 1 aromatic carbocycles. The topological polar surface area (TPSA) is 28.7 Å². The number of nitrogens with zero attached hydrogens (tertiary/aromatic N) is 1. The lowest BCUT2D eigenvalue weighted by molar-refractivity contribution is 0.510. The fraction of sp³-hybridized carbons (Fsp3) is 0.267. The molecule has 102 valence electrons. The van der Waals surface area contributed by atoms with E-state index in [0.717, 1.165) is 29.9 Å². The van der Waals surface area contributed by atoms with E-state index in [1.807, 2.05) is 0 Å². The molecule has 0 bridgehead atoms. The van der Waals surface area contributed by atoms with E-state index in [0.29, 0.717) is 16.9 Å². The molecule has 0 radical (unpaired) electrons. The van der Waals surface area contributed by atoms with Crippen molar-refractivity contribution in [2.24, 2.45) is 0 Å². The molecule has 2 nitrogen and oxygen atoms in total. The predicted octanol–water partition coefficient (Wildman–Crippen LogP) is 4.45. The quantitative estimate of drug-likeness (QED) is 0.705. The lowest BCUT2D eigenvalue weighted by atomic mass is 9.99. The van der Waals surface area contributed by atoms with Gasteiger partial charge in [-0.25, -0.2) is 13.8 Å². The smallest absolute Gasteiger partial charge is 0.161 e. The summed E-state index contributed by atoms with van der Waals surface area (Å²) >= 11 is 1.73. The Morgan fingerprint density at radius 1 is 1.05 bits per heavy atom. The molecule has 5 heteroatoms. The molecule has 1 aliphatic carbocycles. The zero-order valence-electron chi connectivity index (χ0n) is 10.7. The number of aromatic amines is 1. The molecular formula is C15H12F2N2S. The Bertz CT molecular complexity index is 741. The Hall–Kier alpha value is -1.75. The van der Waals surface area contributed by atoms with Gasteiger partial charge in [0.15, 0.2) is 11.6 Å². The number of halogens is 2. The molecular weight excluding hydrogens is 278 g/mol. The molecule has 2 heterocycles. The summed E-state index contributed by atoms with van der Waals surface area (Å²) in [5.41, 5.74) is 2.39. The monoisotopic (exact) mass is 290 g/mol. The number of benzene rings is 1. The minimum atomic E-state index is -0.860. The van der Waals surface area contributed by atoms with Gasteiger partial charge in [-0.05, 0) is 37.3 Å². The Kier molecular flexibility index (Phi) is 2.63. The van der Waals surface area contributed by atoms with Gasteiger partial charge in [-0.2, -0.15) is 0 Å². The van der Waals surface area contributed by atoms with Gasteiger partial charge < -0.3 is 4.98 Å². The van der Waals surface area contributed by atoms with Crippen LogP contribution < -0.4 is 0 Å². The van der Waals surface area contributed by atoms with Crippen LogP contribution >= 0.6 is 11.3 Å². The largest absolute Gasteiger partial charge is 0.337 e. The number of hydrogen-bond donors (Lipinski definition) is 1. The second-order valence-electron chi connectivity index (χ2n) is 5.14. The SMILES string of the molecule is Fc1cc2nc(-c3cc4c(s3)CCCC4)[nH]c2cc1F. The number of hydrogen-bond acceptors (Lipinski definition) is 2. The van der Waals surface area contributed by atoms with E-state index in [1.165, 1.54) is 23.3 Å². The summed E-state index contributed by atoms with van der Waals surface area (Å²) in [5.74, 6) is -1.01. The van der Waals surface area contributed by atoms with Gasteiger partial charge in [0.25, 0.3) is 0 Å². The summed E-state index contributed by atoms with van der Waals surface area (Å²) in [6.45, 7) is 0. The minimum absolute atomic E-state index is 0.463. The second-order valence-corrected chi connectivity index (χ2v) is 6.27. The minimum Gasteiger partial charge on any atom is -0.337 e. The zero-order chi connectivity index (χ0) is 13.7. The van der Waals surface area contributed by atoms with E-state index in [4.69, 9.17) is 0 Å². The number of aryl methyl sites for hydroxylation is 2. The number of thiophene rings is 1. The van der Waals surface area contributed by atoms with Gasteiger partial charge in [-0.15, -0.1) is 11.3 Å². The average molecular weight is 290 g/mol. The van der Waals surface area contributed by atoms with Crippen molar-refractivity contribution in [3.05, 3.63) is 40.3 Å². The van der Waals surface area contributed by atoms with Crippen LogP contribution in [0.1, 0.15) is 23.3 Å². The summed E-state index contributed by atoms with van der Waals surface area (Å²) in [6.07, 6.45) is 4.72. The summed E-state index contributed by atoms with van der Waals surface area (Å²) in [5, 5.41) is 0. The van der Waals surface area contributed by atoms with E-state index in [9.17, 15) is 8.78 Å². The molecule has 3 aromatic rings. The van der Waals surface area contributed by atoms with Crippen molar-refractivity contribution in [1.82, 2.24) is 9.97 Å². The first kappa shape index (κ1) is 12.0. The molecule has 0 saturated heterocycles. The van der Waals surface area contributed by atoms with E-state index in [-0.39, 0.29) is 0 Å². The molecule has 4 rings (SSSR count). The van der Waals surface area contributed by atoms with Crippen molar-refractivity contribution in [1.29, 1.82) is 0 Å². The predicted molar refractivity (Wildman–Crippen MR) is 76.0 cm³/mol. The Morgan fingerprint density at radius 3 is 2.70 bits per heavy atom. The number of fused-ring (bicyclic) bond motifs is 2. The third-order valence-electron chi connectivity index (χ3n) is 3.75. The molecule has 0 unspecified atom stereocenters. The van der Waals surface area contributed by atoms with Gasteiger partial charge in [0.2, 0.25) is 0 Å². The molecule has 20 heavy (non-hydrogen) atoms. The summed E-state index contributed by atoms with van der Waals surface area (Å²) in [7, 11) is 0. The maximum absolute atomic E-state index is 13.2. The number of H-pyrrole nitrogens is 1. The highest BCUT2D eigenvalue weighted by molar-refractivity contribution is 7.15. The first-order chi connectivity index (χ1) is 9.70. The molecule has 0 aliphatic heterocycles. The summed E-state index contributed by atoms with van der Waals surface area (Å²) < 4.78 is 26.4. The average Bonchev–Trinajstić information content (AvgIpc) is 3.02. The van der Waals surface area contributed by atoms with Crippen molar-refractivity contribution in [3.8, 4) is 10.7 Å². The van der Waals surface area contributed by atoms with Gasteiger partial charge in [0, 0.05) is 17.0 Å². The Balaban J connectivity index is 1.83.